The maximum atomic E-state index is 10.5. The summed E-state index contributed by atoms with van der Waals surface area (Å²) in [5, 5.41) is 8.59. The average Bonchev–Trinajstić information content (AvgIpc) is 3.22. The van der Waals surface area contributed by atoms with Gasteiger partial charge in [0.2, 0.25) is 0 Å². The van der Waals surface area contributed by atoms with Crippen LogP contribution in [0.25, 0.3) is 0 Å². The van der Waals surface area contributed by atoms with Gasteiger partial charge in [0.15, 0.2) is 0 Å². The second-order valence-electron chi connectivity index (χ2n) is 14.1. The highest BCUT2D eigenvalue weighted by atomic mass is 16.6. The lowest BCUT2D eigenvalue weighted by atomic mass is 9.47. The number of carbonyl (C=O) groups is 1. The van der Waals surface area contributed by atoms with Gasteiger partial charge >= 0.3 is 5.97 Å². The highest BCUT2D eigenvalue weighted by Crippen LogP contribution is 2.67. The van der Waals surface area contributed by atoms with Crippen LogP contribution in [0.5, 0.6) is 0 Å². The Morgan fingerprint density at radius 2 is 1.74 bits per heavy atom. The van der Waals surface area contributed by atoms with Gasteiger partial charge in [-0.2, -0.15) is 0 Å². The molecule has 4 aliphatic carbocycles. The Morgan fingerprint density at radius 3 is 2.50 bits per heavy atom. The first-order chi connectivity index (χ1) is 18.1. The Morgan fingerprint density at radius 1 is 0.974 bits per heavy atom. The molecule has 0 aliphatic heterocycles. The van der Waals surface area contributed by atoms with E-state index in [1.54, 1.807) is 5.57 Å². The van der Waals surface area contributed by atoms with E-state index in [0.717, 1.165) is 48.3 Å². The van der Waals surface area contributed by atoms with Gasteiger partial charge in [-0.05, 0) is 97.7 Å². The lowest BCUT2D eigenvalue weighted by Crippen LogP contribution is -2.51. The summed E-state index contributed by atoms with van der Waals surface area (Å²) in [5.74, 6) is 4.33. The van der Waals surface area contributed by atoms with Crippen molar-refractivity contribution in [2.24, 2.45) is 46.3 Å². The summed E-state index contributed by atoms with van der Waals surface area (Å²) < 4.78 is 16.8. The van der Waals surface area contributed by atoms with Crippen molar-refractivity contribution in [3.05, 3.63) is 11.6 Å². The Hall–Kier alpha value is -0.910. The molecule has 5 nitrogen and oxygen atoms in total. The summed E-state index contributed by atoms with van der Waals surface area (Å²) in [5.41, 5.74) is 2.60. The van der Waals surface area contributed by atoms with Gasteiger partial charge < -0.3 is 19.3 Å². The second kappa shape index (κ2) is 13.2. The molecule has 0 aromatic heterocycles. The smallest absolute Gasteiger partial charge is 0.329 e. The van der Waals surface area contributed by atoms with E-state index in [9.17, 15) is 4.79 Å². The second-order valence-corrected chi connectivity index (χ2v) is 14.1. The summed E-state index contributed by atoms with van der Waals surface area (Å²) in [7, 11) is 0. The largest absolute Gasteiger partial charge is 0.480 e. The topological polar surface area (TPSA) is 65.0 Å². The maximum Gasteiger partial charge on any atom is 0.329 e. The molecule has 0 bridgehead atoms. The molecular formula is C33H56O5. The van der Waals surface area contributed by atoms with Crippen molar-refractivity contribution >= 4 is 5.97 Å². The summed E-state index contributed by atoms with van der Waals surface area (Å²) in [6.45, 7) is 14.2. The number of fused-ring (bicyclic) bond motifs is 5. The molecular weight excluding hydrogens is 476 g/mol. The molecule has 4 rings (SSSR count). The van der Waals surface area contributed by atoms with Crippen LogP contribution in [-0.4, -0.2) is 50.2 Å². The van der Waals surface area contributed by atoms with Gasteiger partial charge in [0.1, 0.15) is 6.61 Å². The lowest BCUT2D eigenvalue weighted by molar-refractivity contribution is -0.142. The van der Waals surface area contributed by atoms with Gasteiger partial charge in [0.25, 0.3) is 0 Å². The van der Waals surface area contributed by atoms with E-state index in [-0.39, 0.29) is 6.61 Å². The third-order valence-corrected chi connectivity index (χ3v) is 11.4. The van der Waals surface area contributed by atoms with E-state index in [0.29, 0.717) is 43.4 Å². The van der Waals surface area contributed by atoms with Crippen LogP contribution in [0.1, 0.15) is 105 Å². The zero-order valence-electron chi connectivity index (χ0n) is 25.0. The Kier molecular flexibility index (Phi) is 10.4. The normalized spacial score (nSPS) is 37.3. The van der Waals surface area contributed by atoms with Gasteiger partial charge in [-0.25, -0.2) is 4.79 Å². The third kappa shape index (κ3) is 6.69. The first-order valence-electron chi connectivity index (χ1n) is 15.8. The van der Waals surface area contributed by atoms with Crippen molar-refractivity contribution in [1.82, 2.24) is 0 Å². The number of carboxylic acid groups (broad SMARTS) is 1. The molecule has 3 saturated carbocycles. The predicted octanol–water partition coefficient (Wildman–Crippen LogP) is 7.53. The average molecular weight is 533 g/mol. The van der Waals surface area contributed by atoms with Crippen molar-refractivity contribution in [1.29, 1.82) is 0 Å². The van der Waals surface area contributed by atoms with Crippen LogP contribution < -0.4 is 0 Å². The fourth-order valence-electron chi connectivity index (χ4n) is 9.45. The number of hydrogen-bond acceptors (Lipinski definition) is 4. The molecule has 3 fully saturated rings. The third-order valence-electron chi connectivity index (χ3n) is 11.4. The Labute approximate surface area is 232 Å². The van der Waals surface area contributed by atoms with E-state index in [4.69, 9.17) is 19.3 Å². The Bertz CT molecular complexity index is 807. The monoisotopic (exact) mass is 532 g/mol. The van der Waals surface area contributed by atoms with E-state index in [1.807, 2.05) is 0 Å². The van der Waals surface area contributed by atoms with Crippen LogP contribution in [0.2, 0.25) is 0 Å². The first kappa shape index (κ1) is 30.1. The lowest BCUT2D eigenvalue weighted by Gasteiger charge is -2.58. The molecule has 218 valence electrons. The zero-order valence-corrected chi connectivity index (χ0v) is 25.0. The highest BCUT2D eigenvalue weighted by molar-refractivity contribution is 5.67. The van der Waals surface area contributed by atoms with Gasteiger partial charge in [-0.3, -0.25) is 0 Å². The van der Waals surface area contributed by atoms with Crippen LogP contribution in [0.4, 0.5) is 0 Å². The summed E-state index contributed by atoms with van der Waals surface area (Å²) in [4.78, 5) is 10.5. The molecule has 0 radical (unpaired) electrons. The van der Waals surface area contributed by atoms with Crippen LogP contribution in [-0.2, 0) is 19.0 Å². The number of ether oxygens (including phenoxy) is 3. The summed E-state index contributed by atoms with van der Waals surface area (Å²) in [6.07, 6.45) is 17.7. The van der Waals surface area contributed by atoms with Crippen molar-refractivity contribution in [2.45, 2.75) is 111 Å². The van der Waals surface area contributed by atoms with E-state index >= 15 is 0 Å². The molecule has 3 unspecified atom stereocenters. The Balaban J connectivity index is 1.27. The van der Waals surface area contributed by atoms with Crippen molar-refractivity contribution < 1.29 is 24.1 Å². The minimum atomic E-state index is -0.947. The molecule has 0 saturated heterocycles. The van der Waals surface area contributed by atoms with Crippen LogP contribution in [0.3, 0.4) is 0 Å². The van der Waals surface area contributed by atoms with E-state index < -0.39 is 5.97 Å². The molecule has 38 heavy (non-hydrogen) atoms. The quantitative estimate of drug-likeness (QED) is 0.185. The molecule has 0 aromatic carbocycles. The van der Waals surface area contributed by atoms with Crippen molar-refractivity contribution in [2.75, 3.05) is 33.0 Å². The minimum Gasteiger partial charge on any atom is -0.480 e. The van der Waals surface area contributed by atoms with Crippen LogP contribution in [0, 0.1) is 46.3 Å². The zero-order chi connectivity index (χ0) is 27.3. The molecule has 0 heterocycles. The minimum absolute atomic E-state index is 0.268. The predicted molar refractivity (Wildman–Crippen MR) is 152 cm³/mol. The van der Waals surface area contributed by atoms with Crippen molar-refractivity contribution in [3.8, 4) is 0 Å². The summed E-state index contributed by atoms with van der Waals surface area (Å²) >= 11 is 0. The van der Waals surface area contributed by atoms with Gasteiger partial charge in [0.05, 0.1) is 32.5 Å². The molecule has 4 aliphatic rings. The van der Waals surface area contributed by atoms with E-state index in [2.05, 4.69) is 40.7 Å². The molecule has 1 N–H and O–H groups in total. The molecule has 0 aromatic rings. The molecule has 0 spiro atoms. The fourth-order valence-corrected chi connectivity index (χ4v) is 9.45. The number of allylic oxidation sites excluding steroid dienone is 1. The summed E-state index contributed by atoms with van der Waals surface area (Å²) in [6, 6.07) is 0. The molecule has 0 amide bonds. The van der Waals surface area contributed by atoms with E-state index in [1.165, 1.54) is 57.8 Å². The van der Waals surface area contributed by atoms with Crippen LogP contribution in [0.15, 0.2) is 11.6 Å². The number of rotatable bonds is 14. The van der Waals surface area contributed by atoms with Crippen LogP contribution >= 0.6 is 0 Å². The number of hydrogen-bond donors (Lipinski definition) is 1. The van der Waals surface area contributed by atoms with Gasteiger partial charge in [-0.1, -0.05) is 65.5 Å². The highest BCUT2D eigenvalue weighted by Gasteiger charge is 2.59. The van der Waals surface area contributed by atoms with Gasteiger partial charge in [0, 0.05) is 0 Å². The molecule has 8 atom stereocenters. The van der Waals surface area contributed by atoms with Crippen molar-refractivity contribution in [3.63, 3.8) is 0 Å². The maximum absolute atomic E-state index is 10.5. The SMILES string of the molecule is CC(C)CCC[C@@H](C)[C@H]1CCC2C3CC=C4C[C@@H](OCCOCCOCC(=O)O)CC[C@]4(C)C3CC[C@@]21C. The fraction of sp³-hybridized carbons (Fsp3) is 0.909. The number of carboxylic acids is 1. The molecule has 5 heteroatoms. The number of aliphatic carboxylic acids is 1. The standard InChI is InChI=1S/C33H56O5/c1-23(2)7-6-8-24(3)28-11-12-29-27-10-9-25-21-26(38-20-19-36-17-18-37-22-31(34)35)13-15-32(25,4)30(27)14-16-33(28,29)5/h9,23-24,26-30H,6-8,10-22H2,1-5H3,(H,34,35)/t24-,26+,27?,28-,29?,30?,32+,33-/m1/s1. The first-order valence-corrected chi connectivity index (χ1v) is 15.8. The van der Waals surface area contributed by atoms with Gasteiger partial charge in [-0.15, -0.1) is 0 Å².